The van der Waals surface area contributed by atoms with Gasteiger partial charge < -0.3 is 4.74 Å². The highest BCUT2D eigenvalue weighted by Crippen LogP contribution is 2.34. The SMILES string of the molecule is COC(=O)c1cc(F)c(C(F)(F)F)cc1NO. The molecule has 0 saturated heterocycles. The van der Waals surface area contributed by atoms with Gasteiger partial charge in [-0.2, -0.15) is 13.2 Å². The molecule has 0 atom stereocenters. The van der Waals surface area contributed by atoms with Gasteiger partial charge in [0.2, 0.25) is 0 Å². The first-order valence-corrected chi connectivity index (χ1v) is 4.20. The number of carbonyl (C=O) groups excluding carboxylic acids is 1. The lowest BCUT2D eigenvalue weighted by Crippen LogP contribution is -2.13. The molecule has 1 aromatic rings. The Bertz CT molecular complexity index is 445. The molecule has 1 rings (SSSR count). The van der Waals surface area contributed by atoms with Gasteiger partial charge in [0, 0.05) is 0 Å². The van der Waals surface area contributed by atoms with E-state index in [4.69, 9.17) is 5.21 Å². The van der Waals surface area contributed by atoms with E-state index in [1.54, 1.807) is 0 Å². The molecule has 0 saturated carbocycles. The number of nitrogens with one attached hydrogen (secondary N) is 1. The zero-order valence-corrected chi connectivity index (χ0v) is 8.43. The number of hydrogen-bond acceptors (Lipinski definition) is 4. The smallest absolute Gasteiger partial charge is 0.419 e. The van der Waals surface area contributed by atoms with E-state index in [0.717, 1.165) is 7.11 Å². The van der Waals surface area contributed by atoms with Gasteiger partial charge in [0.15, 0.2) is 0 Å². The minimum Gasteiger partial charge on any atom is -0.465 e. The first kappa shape index (κ1) is 13.2. The molecule has 2 N–H and O–H groups in total. The summed E-state index contributed by atoms with van der Waals surface area (Å²) in [5.41, 5.74) is -1.35. The first-order chi connectivity index (χ1) is 7.81. The average Bonchev–Trinajstić information content (AvgIpc) is 2.26. The summed E-state index contributed by atoms with van der Waals surface area (Å²) in [7, 11) is 0.971. The Morgan fingerprint density at radius 3 is 2.41 bits per heavy atom. The molecule has 0 aliphatic heterocycles. The Balaban J connectivity index is 3.40. The third kappa shape index (κ3) is 2.64. The summed E-state index contributed by atoms with van der Waals surface area (Å²) in [5, 5.41) is 8.60. The maximum Gasteiger partial charge on any atom is 0.419 e. The Labute approximate surface area is 92.8 Å². The molecule has 1 aromatic carbocycles. The van der Waals surface area contributed by atoms with Crippen LogP contribution in [0.25, 0.3) is 0 Å². The van der Waals surface area contributed by atoms with E-state index in [1.807, 2.05) is 0 Å². The predicted molar refractivity (Wildman–Crippen MR) is 48.2 cm³/mol. The zero-order valence-electron chi connectivity index (χ0n) is 8.43. The van der Waals surface area contributed by atoms with Crippen LogP contribution >= 0.6 is 0 Å². The Morgan fingerprint density at radius 1 is 1.41 bits per heavy atom. The maximum absolute atomic E-state index is 13.1. The van der Waals surface area contributed by atoms with E-state index in [1.165, 1.54) is 5.48 Å². The molecule has 0 fully saturated rings. The van der Waals surface area contributed by atoms with Gasteiger partial charge in [-0.15, -0.1) is 0 Å². The lowest BCUT2D eigenvalue weighted by atomic mass is 10.1. The van der Waals surface area contributed by atoms with E-state index in [-0.39, 0.29) is 6.07 Å². The molecule has 17 heavy (non-hydrogen) atoms. The number of halogens is 4. The lowest BCUT2D eigenvalue weighted by molar-refractivity contribution is -0.139. The molecule has 4 nitrogen and oxygen atoms in total. The number of anilines is 1. The summed E-state index contributed by atoms with van der Waals surface area (Å²) in [6.07, 6.45) is -4.93. The fourth-order valence-corrected chi connectivity index (χ4v) is 1.16. The molecule has 0 heterocycles. The Morgan fingerprint density at radius 2 is 2.00 bits per heavy atom. The van der Waals surface area contributed by atoms with E-state index < -0.39 is 34.8 Å². The fraction of sp³-hybridized carbons (Fsp3) is 0.222. The number of methoxy groups -OCH3 is 1. The van der Waals surface area contributed by atoms with Crippen molar-refractivity contribution in [1.82, 2.24) is 0 Å². The highest BCUT2D eigenvalue weighted by Gasteiger charge is 2.35. The molecule has 0 aliphatic rings. The highest BCUT2D eigenvalue weighted by atomic mass is 19.4. The topological polar surface area (TPSA) is 58.6 Å². The molecule has 0 aliphatic carbocycles. The van der Waals surface area contributed by atoms with Crippen molar-refractivity contribution < 1.29 is 32.3 Å². The third-order valence-corrected chi connectivity index (χ3v) is 1.94. The van der Waals surface area contributed by atoms with Gasteiger partial charge in [0.05, 0.1) is 23.9 Å². The van der Waals surface area contributed by atoms with Crippen LogP contribution in [-0.2, 0) is 10.9 Å². The van der Waals surface area contributed by atoms with E-state index in [2.05, 4.69) is 4.74 Å². The minimum absolute atomic E-state index is 0.279. The van der Waals surface area contributed by atoms with Crippen LogP contribution in [0.3, 0.4) is 0 Å². The number of hydrogen-bond donors (Lipinski definition) is 2. The second-order valence-corrected chi connectivity index (χ2v) is 2.98. The monoisotopic (exact) mass is 253 g/mol. The quantitative estimate of drug-likeness (QED) is 0.483. The number of rotatable bonds is 2. The van der Waals surface area contributed by atoms with E-state index in [0.29, 0.717) is 6.07 Å². The van der Waals surface area contributed by atoms with Crippen molar-refractivity contribution in [3.05, 3.63) is 29.1 Å². The molecular weight excluding hydrogens is 246 g/mol. The second-order valence-electron chi connectivity index (χ2n) is 2.98. The van der Waals surface area contributed by atoms with Gasteiger partial charge in [0.25, 0.3) is 0 Å². The van der Waals surface area contributed by atoms with E-state index in [9.17, 15) is 22.4 Å². The molecule has 0 spiro atoms. The molecule has 0 aromatic heterocycles. The Kier molecular flexibility index (Phi) is 3.56. The number of benzene rings is 1. The predicted octanol–water partition coefficient (Wildman–Crippen LogP) is 2.43. The summed E-state index contributed by atoms with van der Waals surface area (Å²) in [5.74, 6) is -2.70. The molecule has 0 radical (unpaired) electrons. The van der Waals surface area contributed by atoms with Crippen LogP contribution < -0.4 is 5.48 Å². The van der Waals surface area contributed by atoms with Crippen molar-refractivity contribution in [3.8, 4) is 0 Å². The van der Waals surface area contributed by atoms with E-state index >= 15 is 0 Å². The van der Waals surface area contributed by atoms with Gasteiger partial charge in [-0.05, 0) is 12.1 Å². The van der Waals surface area contributed by atoms with Crippen LogP contribution in [0.4, 0.5) is 23.2 Å². The lowest BCUT2D eigenvalue weighted by Gasteiger charge is -2.12. The summed E-state index contributed by atoms with van der Waals surface area (Å²) in [4.78, 5) is 11.1. The Hall–Kier alpha value is -1.83. The normalized spacial score (nSPS) is 11.2. The van der Waals surface area contributed by atoms with Crippen molar-refractivity contribution >= 4 is 11.7 Å². The summed E-state index contributed by atoms with van der Waals surface area (Å²) in [6, 6.07) is 0.620. The van der Waals surface area contributed by atoms with Gasteiger partial charge in [-0.3, -0.25) is 10.7 Å². The van der Waals surface area contributed by atoms with Crippen molar-refractivity contribution in [2.45, 2.75) is 6.18 Å². The van der Waals surface area contributed by atoms with Crippen LogP contribution in [0.5, 0.6) is 0 Å². The van der Waals surface area contributed by atoms with Gasteiger partial charge in [-0.1, -0.05) is 0 Å². The second kappa shape index (κ2) is 4.58. The minimum atomic E-state index is -4.93. The van der Waals surface area contributed by atoms with Crippen LogP contribution in [0, 0.1) is 5.82 Å². The maximum atomic E-state index is 13.1. The molecule has 0 unspecified atom stereocenters. The molecule has 8 heteroatoms. The average molecular weight is 253 g/mol. The molecule has 94 valence electrons. The largest absolute Gasteiger partial charge is 0.465 e. The fourth-order valence-electron chi connectivity index (χ4n) is 1.16. The van der Waals surface area contributed by atoms with Gasteiger partial charge in [0.1, 0.15) is 5.82 Å². The first-order valence-electron chi connectivity index (χ1n) is 4.20. The number of esters is 1. The standard InChI is InChI=1S/C9H7F4NO3/c1-17-8(15)4-2-6(10)5(9(11,12)13)3-7(4)14-16/h2-3,14,16H,1H3. The van der Waals surface area contributed by atoms with Crippen LogP contribution in [0.15, 0.2) is 12.1 Å². The summed E-state index contributed by atoms with van der Waals surface area (Å²) < 4.78 is 54.3. The molecule has 0 bridgehead atoms. The molecular formula is C9H7F4NO3. The number of alkyl halides is 3. The highest BCUT2D eigenvalue weighted by molar-refractivity contribution is 5.95. The van der Waals surface area contributed by atoms with Crippen molar-refractivity contribution in [2.75, 3.05) is 12.6 Å². The number of ether oxygens (including phenoxy) is 1. The summed E-state index contributed by atoms with van der Waals surface area (Å²) >= 11 is 0. The summed E-state index contributed by atoms with van der Waals surface area (Å²) in [6.45, 7) is 0. The zero-order chi connectivity index (χ0) is 13.2. The van der Waals surface area contributed by atoms with Crippen LogP contribution in [0.1, 0.15) is 15.9 Å². The number of carbonyl (C=O) groups is 1. The third-order valence-electron chi connectivity index (χ3n) is 1.94. The van der Waals surface area contributed by atoms with Crippen LogP contribution in [0.2, 0.25) is 0 Å². The van der Waals surface area contributed by atoms with Crippen molar-refractivity contribution in [1.29, 1.82) is 0 Å². The van der Waals surface area contributed by atoms with Crippen molar-refractivity contribution in [2.24, 2.45) is 0 Å². The van der Waals surface area contributed by atoms with Crippen molar-refractivity contribution in [3.63, 3.8) is 0 Å². The van der Waals surface area contributed by atoms with Crippen LogP contribution in [-0.4, -0.2) is 18.3 Å². The molecule has 0 amide bonds. The van der Waals surface area contributed by atoms with Gasteiger partial charge >= 0.3 is 12.1 Å². The van der Waals surface area contributed by atoms with Gasteiger partial charge in [-0.25, -0.2) is 9.18 Å².